The van der Waals surface area contributed by atoms with Crippen LogP contribution in [0.25, 0.3) is 10.9 Å². The maximum absolute atomic E-state index is 11.6. The van der Waals surface area contributed by atoms with Crippen LogP contribution >= 0.6 is 15.9 Å². The number of aromatic nitrogens is 2. The number of rotatable bonds is 2. The molecule has 2 rings (SSSR count). The zero-order chi connectivity index (χ0) is 10.8. The normalized spacial score (nSPS) is 10.8. The Morgan fingerprint density at radius 2 is 2.27 bits per heavy atom. The van der Waals surface area contributed by atoms with E-state index in [0.717, 1.165) is 22.8 Å². The molecule has 1 aromatic carbocycles. The number of benzene rings is 1. The van der Waals surface area contributed by atoms with Crippen LogP contribution in [0.3, 0.4) is 0 Å². The maximum Gasteiger partial charge on any atom is 0.258 e. The molecule has 0 saturated carbocycles. The standard InChI is InChI=1S/C11H11BrN2O/c1-7-13-10-3-2-8(4-5-12)6-9(10)11(15)14-7/h2-3,6H,4-5H2,1H3,(H,13,14,15). The molecule has 15 heavy (non-hydrogen) atoms. The zero-order valence-corrected chi connectivity index (χ0v) is 9.97. The van der Waals surface area contributed by atoms with E-state index in [1.165, 1.54) is 0 Å². The zero-order valence-electron chi connectivity index (χ0n) is 8.38. The Morgan fingerprint density at radius 3 is 3.00 bits per heavy atom. The Bertz CT molecular complexity index is 548. The summed E-state index contributed by atoms with van der Waals surface area (Å²) in [5, 5.41) is 1.56. The number of hydrogen-bond acceptors (Lipinski definition) is 2. The Kier molecular flexibility index (Phi) is 2.86. The van der Waals surface area contributed by atoms with E-state index in [2.05, 4.69) is 25.9 Å². The number of H-pyrrole nitrogens is 1. The molecule has 78 valence electrons. The average Bonchev–Trinajstić information content (AvgIpc) is 2.19. The minimum Gasteiger partial charge on any atom is -0.310 e. The molecule has 0 aliphatic heterocycles. The van der Waals surface area contributed by atoms with Crippen LogP contribution in [0, 0.1) is 6.92 Å². The minimum atomic E-state index is -0.0612. The Morgan fingerprint density at radius 1 is 1.47 bits per heavy atom. The van der Waals surface area contributed by atoms with Crippen molar-refractivity contribution >= 4 is 26.8 Å². The molecule has 0 saturated heterocycles. The lowest BCUT2D eigenvalue weighted by atomic mass is 10.1. The van der Waals surface area contributed by atoms with E-state index in [0.29, 0.717) is 11.2 Å². The Labute approximate surface area is 95.7 Å². The number of aromatic amines is 1. The van der Waals surface area contributed by atoms with E-state index in [1.54, 1.807) is 6.92 Å². The molecule has 2 aromatic rings. The topological polar surface area (TPSA) is 45.8 Å². The predicted molar refractivity (Wildman–Crippen MR) is 64.6 cm³/mol. The van der Waals surface area contributed by atoms with Crippen LogP contribution in [-0.2, 0) is 6.42 Å². The highest BCUT2D eigenvalue weighted by atomic mass is 79.9. The highest BCUT2D eigenvalue weighted by Crippen LogP contribution is 2.11. The van der Waals surface area contributed by atoms with E-state index in [1.807, 2.05) is 18.2 Å². The summed E-state index contributed by atoms with van der Waals surface area (Å²) in [5.41, 5.74) is 1.85. The van der Waals surface area contributed by atoms with Gasteiger partial charge in [-0.05, 0) is 31.0 Å². The van der Waals surface area contributed by atoms with Gasteiger partial charge in [-0.25, -0.2) is 4.98 Å². The molecule has 0 amide bonds. The van der Waals surface area contributed by atoms with Gasteiger partial charge in [0.2, 0.25) is 0 Å². The largest absolute Gasteiger partial charge is 0.310 e. The molecule has 4 heteroatoms. The Hall–Kier alpha value is -1.16. The number of nitrogens with one attached hydrogen (secondary N) is 1. The number of halogens is 1. The summed E-state index contributed by atoms with van der Waals surface area (Å²) in [6.45, 7) is 1.78. The molecule has 0 aliphatic rings. The maximum atomic E-state index is 11.6. The summed E-state index contributed by atoms with van der Waals surface area (Å²) in [7, 11) is 0. The van der Waals surface area contributed by atoms with Crippen molar-refractivity contribution in [3.8, 4) is 0 Å². The second-order valence-corrected chi connectivity index (χ2v) is 4.23. The summed E-state index contributed by atoms with van der Waals surface area (Å²) >= 11 is 3.38. The van der Waals surface area contributed by atoms with Crippen molar-refractivity contribution in [1.29, 1.82) is 0 Å². The van der Waals surface area contributed by atoms with Gasteiger partial charge in [0.15, 0.2) is 0 Å². The monoisotopic (exact) mass is 266 g/mol. The third kappa shape index (κ3) is 2.09. The number of fused-ring (bicyclic) bond motifs is 1. The van der Waals surface area contributed by atoms with Crippen LogP contribution in [0.15, 0.2) is 23.0 Å². The molecule has 3 nitrogen and oxygen atoms in total. The second kappa shape index (κ2) is 4.14. The fourth-order valence-electron chi connectivity index (χ4n) is 1.57. The second-order valence-electron chi connectivity index (χ2n) is 3.44. The predicted octanol–water partition coefficient (Wildman–Crippen LogP) is 2.17. The molecule has 1 aromatic heterocycles. The van der Waals surface area contributed by atoms with Crippen LogP contribution in [0.5, 0.6) is 0 Å². The van der Waals surface area contributed by atoms with Crippen LogP contribution < -0.4 is 5.56 Å². The van der Waals surface area contributed by atoms with E-state index in [-0.39, 0.29) is 5.56 Å². The summed E-state index contributed by atoms with van der Waals surface area (Å²) in [5.74, 6) is 0.653. The molecular formula is C11H11BrN2O. The number of alkyl halides is 1. The van der Waals surface area contributed by atoms with E-state index in [9.17, 15) is 4.79 Å². The van der Waals surface area contributed by atoms with Gasteiger partial charge in [0.25, 0.3) is 5.56 Å². The van der Waals surface area contributed by atoms with Crippen molar-refractivity contribution in [3.05, 3.63) is 39.9 Å². The van der Waals surface area contributed by atoms with Gasteiger partial charge < -0.3 is 4.98 Å². The van der Waals surface area contributed by atoms with Gasteiger partial charge in [-0.3, -0.25) is 4.79 Å². The third-order valence-corrected chi connectivity index (χ3v) is 2.67. The molecular weight excluding hydrogens is 256 g/mol. The smallest absolute Gasteiger partial charge is 0.258 e. The molecule has 0 atom stereocenters. The molecule has 0 spiro atoms. The summed E-state index contributed by atoms with van der Waals surface area (Å²) in [6, 6.07) is 5.81. The first-order valence-corrected chi connectivity index (χ1v) is 5.88. The molecule has 1 heterocycles. The van der Waals surface area contributed by atoms with Crippen LogP contribution in [0.4, 0.5) is 0 Å². The molecule has 0 radical (unpaired) electrons. The van der Waals surface area contributed by atoms with Crippen molar-refractivity contribution in [3.63, 3.8) is 0 Å². The summed E-state index contributed by atoms with van der Waals surface area (Å²) < 4.78 is 0. The molecule has 0 fully saturated rings. The lowest BCUT2D eigenvalue weighted by Crippen LogP contribution is -2.09. The lowest BCUT2D eigenvalue weighted by molar-refractivity contribution is 1.05. The van der Waals surface area contributed by atoms with Gasteiger partial charge in [-0.1, -0.05) is 22.0 Å². The first-order chi connectivity index (χ1) is 7.20. The fourth-order valence-corrected chi connectivity index (χ4v) is 2.03. The highest BCUT2D eigenvalue weighted by molar-refractivity contribution is 9.09. The van der Waals surface area contributed by atoms with Crippen molar-refractivity contribution in [2.75, 3.05) is 5.33 Å². The highest BCUT2D eigenvalue weighted by Gasteiger charge is 2.02. The minimum absolute atomic E-state index is 0.0612. The average molecular weight is 267 g/mol. The molecule has 0 bridgehead atoms. The van der Waals surface area contributed by atoms with Crippen LogP contribution in [0.1, 0.15) is 11.4 Å². The lowest BCUT2D eigenvalue weighted by Gasteiger charge is -2.01. The van der Waals surface area contributed by atoms with Crippen molar-refractivity contribution in [2.45, 2.75) is 13.3 Å². The summed E-state index contributed by atoms with van der Waals surface area (Å²) in [6.07, 6.45) is 0.920. The SMILES string of the molecule is Cc1nc2ccc(CCBr)cc2c(=O)[nH]1. The van der Waals surface area contributed by atoms with Crippen LogP contribution in [-0.4, -0.2) is 15.3 Å². The van der Waals surface area contributed by atoms with Crippen LogP contribution in [0.2, 0.25) is 0 Å². The quantitative estimate of drug-likeness (QED) is 0.847. The number of hydrogen-bond donors (Lipinski definition) is 1. The van der Waals surface area contributed by atoms with Crippen molar-refractivity contribution in [1.82, 2.24) is 9.97 Å². The fraction of sp³-hybridized carbons (Fsp3) is 0.273. The first kappa shape index (κ1) is 10.4. The Balaban J connectivity index is 2.66. The van der Waals surface area contributed by atoms with Gasteiger partial charge in [0.05, 0.1) is 10.9 Å². The van der Waals surface area contributed by atoms with Crippen molar-refractivity contribution in [2.24, 2.45) is 0 Å². The molecule has 0 unspecified atom stereocenters. The third-order valence-electron chi connectivity index (χ3n) is 2.27. The molecule has 0 aliphatic carbocycles. The number of aryl methyl sites for hydroxylation is 2. The summed E-state index contributed by atoms with van der Waals surface area (Å²) in [4.78, 5) is 18.6. The van der Waals surface area contributed by atoms with Gasteiger partial charge >= 0.3 is 0 Å². The van der Waals surface area contributed by atoms with Crippen molar-refractivity contribution < 1.29 is 0 Å². The first-order valence-electron chi connectivity index (χ1n) is 4.76. The van der Waals surface area contributed by atoms with E-state index < -0.39 is 0 Å². The van der Waals surface area contributed by atoms with Gasteiger partial charge in [-0.15, -0.1) is 0 Å². The molecule has 1 N–H and O–H groups in total. The van der Waals surface area contributed by atoms with Gasteiger partial charge in [0.1, 0.15) is 5.82 Å². The number of nitrogens with zero attached hydrogens (tertiary/aromatic N) is 1. The van der Waals surface area contributed by atoms with E-state index in [4.69, 9.17) is 0 Å². The van der Waals surface area contributed by atoms with Gasteiger partial charge in [0, 0.05) is 5.33 Å². The van der Waals surface area contributed by atoms with E-state index >= 15 is 0 Å². The van der Waals surface area contributed by atoms with Gasteiger partial charge in [-0.2, -0.15) is 0 Å².